The maximum Gasteiger partial charge on any atom is 0.270 e. The summed E-state index contributed by atoms with van der Waals surface area (Å²) in [5.74, 6) is 1.29. The van der Waals surface area contributed by atoms with Crippen molar-refractivity contribution in [1.29, 1.82) is 0 Å². The average molecular weight is 286 g/mol. The third-order valence-corrected chi connectivity index (χ3v) is 3.24. The Balaban J connectivity index is 2.55. The van der Waals surface area contributed by atoms with Gasteiger partial charge in [-0.15, -0.1) is 0 Å². The smallest absolute Gasteiger partial charge is 0.270 e. The number of nitro groups is 1. The van der Waals surface area contributed by atoms with Crippen molar-refractivity contribution in [3.05, 3.63) is 45.6 Å². The molecular weight excluding hydrogens is 268 g/mol. The number of aromatic nitrogens is 2. The molecule has 0 fully saturated rings. The summed E-state index contributed by atoms with van der Waals surface area (Å²) in [6, 6.07) is 6.39. The SMILES string of the molecule is CCNc1nc(-c2cccc([N+](=O)[O-])c2)nc(CC)c1C. The highest BCUT2D eigenvalue weighted by atomic mass is 16.6. The van der Waals surface area contributed by atoms with Crippen LogP contribution in [0.2, 0.25) is 0 Å². The molecule has 0 radical (unpaired) electrons. The van der Waals surface area contributed by atoms with Crippen LogP contribution in [0.5, 0.6) is 0 Å². The molecule has 1 aromatic carbocycles. The summed E-state index contributed by atoms with van der Waals surface area (Å²) in [6.45, 7) is 6.77. The fraction of sp³-hybridized carbons (Fsp3) is 0.333. The lowest BCUT2D eigenvalue weighted by atomic mass is 10.1. The van der Waals surface area contributed by atoms with Crippen LogP contribution >= 0.6 is 0 Å². The molecule has 1 heterocycles. The number of nitrogens with zero attached hydrogens (tertiary/aromatic N) is 3. The number of nitro benzene ring substituents is 1. The Morgan fingerprint density at radius 2 is 2.05 bits per heavy atom. The molecule has 0 spiro atoms. The Morgan fingerprint density at radius 1 is 1.29 bits per heavy atom. The van der Waals surface area contributed by atoms with Gasteiger partial charge in [0.25, 0.3) is 5.69 Å². The van der Waals surface area contributed by atoms with Crippen LogP contribution in [0.25, 0.3) is 11.4 Å². The fourth-order valence-corrected chi connectivity index (χ4v) is 2.13. The molecule has 6 nitrogen and oxygen atoms in total. The van der Waals surface area contributed by atoms with Crippen LogP contribution in [-0.2, 0) is 6.42 Å². The molecule has 6 heteroatoms. The van der Waals surface area contributed by atoms with Crippen molar-refractivity contribution < 1.29 is 4.92 Å². The number of rotatable bonds is 5. The van der Waals surface area contributed by atoms with Crippen molar-refractivity contribution in [2.75, 3.05) is 11.9 Å². The van der Waals surface area contributed by atoms with Crippen molar-refractivity contribution >= 4 is 11.5 Å². The van der Waals surface area contributed by atoms with Gasteiger partial charge in [-0.05, 0) is 20.3 Å². The summed E-state index contributed by atoms with van der Waals surface area (Å²) in [5.41, 5.74) is 2.66. The van der Waals surface area contributed by atoms with Gasteiger partial charge in [0.2, 0.25) is 0 Å². The largest absolute Gasteiger partial charge is 0.370 e. The van der Waals surface area contributed by atoms with Crippen molar-refractivity contribution in [2.45, 2.75) is 27.2 Å². The quantitative estimate of drug-likeness (QED) is 0.673. The zero-order valence-electron chi connectivity index (χ0n) is 12.4. The molecule has 0 aliphatic heterocycles. The van der Waals surface area contributed by atoms with Crippen LogP contribution in [0.1, 0.15) is 25.1 Å². The van der Waals surface area contributed by atoms with Gasteiger partial charge in [-0.3, -0.25) is 10.1 Å². The lowest BCUT2D eigenvalue weighted by Gasteiger charge is -2.12. The van der Waals surface area contributed by atoms with Crippen LogP contribution in [0.3, 0.4) is 0 Å². The highest BCUT2D eigenvalue weighted by Gasteiger charge is 2.13. The second-order valence-electron chi connectivity index (χ2n) is 4.66. The van der Waals surface area contributed by atoms with Crippen molar-refractivity contribution in [2.24, 2.45) is 0 Å². The van der Waals surface area contributed by atoms with Gasteiger partial charge in [0.05, 0.1) is 4.92 Å². The van der Waals surface area contributed by atoms with Gasteiger partial charge >= 0.3 is 0 Å². The van der Waals surface area contributed by atoms with E-state index in [0.29, 0.717) is 11.4 Å². The van der Waals surface area contributed by atoms with E-state index < -0.39 is 4.92 Å². The molecule has 21 heavy (non-hydrogen) atoms. The zero-order chi connectivity index (χ0) is 15.4. The molecule has 0 atom stereocenters. The maximum atomic E-state index is 10.9. The minimum absolute atomic E-state index is 0.0414. The standard InChI is InChI=1S/C15H18N4O2/c1-4-13-10(3)14(16-5-2)18-15(17-13)11-7-6-8-12(9-11)19(20)21/h6-9H,4-5H2,1-3H3,(H,16,17,18). The normalized spacial score (nSPS) is 10.4. The average Bonchev–Trinajstić information content (AvgIpc) is 2.49. The summed E-state index contributed by atoms with van der Waals surface area (Å²) >= 11 is 0. The predicted molar refractivity (Wildman–Crippen MR) is 82.4 cm³/mol. The van der Waals surface area contributed by atoms with Crippen LogP contribution in [0.4, 0.5) is 11.5 Å². The first-order valence-corrected chi connectivity index (χ1v) is 6.93. The molecule has 0 unspecified atom stereocenters. The fourth-order valence-electron chi connectivity index (χ4n) is 2.13. The number of benzene rings is 1. The molecule has 1 aromatic heterocycles. The Bertz CT molecular complexity index is 671. The number of hydrogen-bond acceptors (Lipinski definition) is 5. The van der Waals surface area contributed by atoms with E-state index in [1.807, 2.05) is 20.8 Å². The first-order valence-electron chi connectivity index (χ1n) is 6.93. The Hall–Kier alpha value is -2.50. The van der Waals surface area contributed by atoms with Crippen molar-refractivity contribution in [3.63, 3.8) is 0 Å². The van der Waals surface area contributed by atoms with E-state index in [0.717, 1.165) is 30.0 Å². The van der Waals surface area contributed by atoms with Crippen LogP contribution in [-0.4, -0.2) is 21.4 Å². The number of non-ortho nitro benzene ring substituents is 1. The topological polar surface area (TPSA) is 81.0 Å². The van der Waals surface area contributed by atoms with E-state index in [1.54, 1.807) is 12.1 Å². The summed E-state index contributed by atoms with van der Waals surface area (Å²) in [6.07, 6.45) is 0.786. The van der Waals surface area contributed by atoms with E-state index in [-0.39, 0.29) is 5.69 Å². The highest BCUT2D eigenvalue weighted by molar-refractivity contribution is 5.62. The first kappa shape index (κ1) is 14.9. The monoisotopic (exact) mass is 286 g/mol. The van der Waals surface area contributed by atoms with E-state index in [9.17, 15) is 10.1 Å². The summed E-state index contributed by atoms with van der Waals surface area (Å²) in [7, 11) is 0. The summed E-state index contributed by atoms with van der Waals surface area (Å²) in [4.78, 5) is 19.5. The minimum atomic E-state index is -0.413. The van der Waals surface area contributed by atoms with Gasteiger partial charge in [-0.2, -0.15) is 0 Å². The van der Waals surface area contributed by atoms with Crippen molar-refractivity contribution in [1.82, 2.24) is 9.97 Å². The van der Waals surface area contributed by atoms with Crippen LogP contribution in [0.15, 0.2) is 24.3 Å². The molecule has 0 aliphatic rings. The molecule has 0 saturated carbocycles. The Morgan fingerprint density at radius 3 is 2.67 bits per heavy atom. The Kier molecular flexibility index (Phi) is 4.47. The molecule has 0 bridgehead atoms. The van der Waals surface area contributed by atoms with Crippen LogP contribution in [0, 0.1) is 17.0 Å². The molecular formula is C15H18N4O2. The number of anilines is 1. The third-order valence-electron chi connectivity index (χ3n) is 3.24. The lowest BCUT2D eigenvalue weighted by molar-refractivity contribution is -0.384. The molecule has 110 valence electrons. The highest BCUT2D eigenvalue weighted by Crippen LogP contribution is 2.25. The van der Waals surface area contributed by atoms with Gasteiger partial charge in [0.1, 0.15) is 5.82 Å². The first-order chi connectivity index (χ1) is 10.1. The van der Waals surface area contributed by atoms with Crippen molar-refractivity contribution in [3.8, 4) is 11.4 Å². The third kappa shape index (κ3) is 3.16. The van der Waals surface area contributed by atoms with Gasteiger partial charge in [-0.25, -0.2) is 9.97 Å². The van der Waals surface area contributed by atoms with Gasteiger partial charge in [0.15, 0.2) is 5.82 Å². The maximum absolute atomic E-state index is 10.9. The number of hydrogen-bond donors (Lipinski definition) is 1. The van der Waals surface area contributed by atoms with E-state index in [1.165, 1.54) is 12.1 Å². The van der Waals surface area contributed by atoms with E-state index in [2.05, 4.69) is 15.3 Å². The molecule has 0 aliphatic carbocycles. The van der Waals surface area contributed by atoms with E-state index in [4.69, 9.17) is 0 Å². The number of nitrogens with one attached hydrogen (secondary N) is 1. The van der Waals surface area contributed by atoms with Gasteiger partial charge < -0.3 is 5.32 Å². The van der Waals surface area contributed by atoms with Crippen LogP contribution < -0.4 is 5.32 Å². The minimum Gasteiger partial charge on any atom is -0.370 e. The van der Waals surface area contributed by atoms with E-state index >= 15 is 0 Å². The predicted octanol–water partition coefficient (Wildman–Crippen LogP) is 3.35. The molecule has 0 saturated heterocycles. The molecule has 0 amide bonds. The second kappa shape index (κ2) is 6.30. The lowest BCUT2D eigenvalue weighted by Crippen LogP contribution is -2.07. The molecule has 1 N–H and O–H groups in total. The van der Waals surface area contributed by atoms with Gasteiger partial charge in [0, 0.05) is 35.5 Å². The number of aryl methyl sites for hydroxylation is 1. The molecule has 2 aromatic rings. The summed E-state index contributed by atoms with van der Waals surface area (Å²) < 4.78 is 0. The van der Waals surface area contributed by atoms with Gasteiger partial charge in [-0.1, -0.05) is 19.1 Å². The Labute approximate surface area is 123 Å². The zero-order valence-corrected chi connectivity index (χ0v) is 12.4. The summed E-state index contributed by atoms with van der Waals surface area (Å²) in [5, 5.41) is 14.1. The molecule has 2 rings (SSSR count). The second-order valence-corrected chi connectivity index (χ2v) is 4.66.